The van der Waals surface area contributed by atoms with Gasteiger partial charge in [0.05, 0.1) is 10.6 Å². The highest BCUT2D eigenvalue weighted by atomic mass is 79.9. The molecule has 4 rings (SSSR count). The van der Waals surface area contributed by atoms with Crippen LogP contribution in [-0.4, -0.2) is 27.5 Å². The van der Waals surface area contributed by atoms with Crippen LogP contribution in [0.15, 0.2) is 64.0 Å². The number of amides is 1. The van der Waals surface area contributed by atoms with Gasteiger partial charge in [-0.2, -0.15) is 0 Å². The van der Waals surface area contributed by atoms with Gasteiger partial charge in [0.1, 0.15) is 5.75 Å². The van der Waals surface area contributed by atoms with E-state index in [9.17, 15) is 13.2 Å². The molecule has 0 spiro atoms. The fraction of sp³-hybridized carbons (Fsp3) is 0.321. The van der Waals surface area contributed by atoms with Gasteiger partial charge in [0.2, 0.25) is 0 Å². The molecule has 190 valence electrons. The molecule has 1 heterocycles. The summed E-state index contributed by atoms with van der Waals surface area (Å²) in [5.74, 6) is 0.216. The Labute approximate surface area is 221 Å². The monoisotopic (exact) mass is 570 g/mol. The predicted molar refractivity (Wildman–Crippen MR) is 147 cm³/mol. The molecule has 6 nitrogen and oxygen atoms in total. The number of ether oxygens (including phenoxy) is 1. The second kappa shape index (κ2) is 11.0. The second-order valence-corrected chi connectivity index (χ2v) is 11.7. The fourth-order valence-electron chi connectivity index (χ4n) is 4.58. The summed E-state index contributed by atoms with van der Waals surface area (Å²) in [5.41, 5.74) is 5.37. The zero-order valence-corrected chi connectivity index (χ0v) is 23.2. The molecule has 1 N–H and O–H groups in total. The van der Waals surface area contributed by atoms with Crippen LogP contribution < -0.4 is 14.4 Å². The van der Waals surface area contributed by atoms with Crippen LogP contribution in [0.2, 0.25) is 0 Å². The Morgan fingerprint density at radius 2 is 1.75 bits per heavy atom. The molecule has 1 aliphatic rings. The molecule has 8 heteroatoms. The van der Waals surface area contributed by atoms with Gasteiger partial charge >= 0.3 is 0 Å². The number of fused-ring (bicyclic) bond motifs is 1. The maximum absolute atomic E-state index is 13.4. The van der Waals surface area contributed by atoms with Crippen LogP contribution >= 0.6 is 15.9 Å². The molecule has 0 aromatic heterocycles. The Kier molecular flexibility index (Phi) is 8.05. The average molecular weight is 572 g/mol. The van der Waals surface area contributed by atoms with Crippen LogP contribution in [0.3, 0.4) is 0 Å². The lowest BCUT2D eigenvalue weighted by Crippen LogP contribution is -2.35. The number of sulfonamides is 1. The van der Waals surface area contributed by atoms with Crippen LogP contribution in [-0.2, 0) is 34.1 Å². The summed E-state index contributed by atoms with van der Waals surface area (Å²) in [7, 11) is -3.71. The summed E-state index contributed by atoms with van der Waals surface area (Å²) < 4.78 is 35.2. The molecule has 0 radical (unpaired) electrons. The first-order valence-electron chi connectivity index (χ1n) is 12.2. The van der Waals surface area contributed by atoms with Gasteiger partial charge in [-0.25, -0.2) is 8.42 Å². The third kappa shape index (κ3) is 5.44. The van der Waals surface area contributed by atoms with E-state index in [2.05, 4.69) is 35.1 Å². The molecule has 1 aliphatic heterocycles. The minimum Gasteiger partial charge on any atom is -0.483 e. The molecule has 3 aromatic rings. The Morgan fingerprint density at radius 1 is 1.06 bits per heavy atom. The van der Waals surface area contributed by atoms with Crippen LogP contribution in [0.5, 0.6) is 5.75 Å². The lowest BCUT2D eigenvalue weighted by atomic mass is 10.0. The van der Waals surface area contributed by atoms with Crippen LogP contribution in [0.4, 0.5) is 11.4 Å². The van der Waals surface area contributed by atoms with Crippen molar-refractivity contribution in [2.45, 2.75) is 51.3 Å². The molecule has 0 bridgehead atoms. The number of halogens is 1. The van der Waals surface area contributed by atoms with Crippen molar-refractivity contribution >= 4 is 43.2 Å². The Bertz CT molecular complexity index is 1360. The number of benzene rings is 3. The Balaban J connectivity index is 1.48. The molecule has 3 aromatic carbocycles. The van der Waals surface area contributed by atoms with E-state index >= 15 is 0 Å². The molecule has 1 amide bonds. The topological polar surface area (TPSA) is 75.7 Å². The van der Waals surface area contributed by atoms with Crippen molar-refractivity contribution in [3.63, 3.8) is 0 Å². The lowest BCUT2D eigenvalue weighted by Gasteiger charge is -2.30. The van der Waals surface area contributed by atoms with Crippen molar-refractivity contribution in [2.75, 3.05) is 22.8 Å². The van der Waals surface area contributed by atoms with Gasteiger partial charge < -0.3 is 10.1 Å². The first kappa shape index (κ1) is 26.2. The van der Waals surface area contributed by atoms with E-state index in [1.165, 1.54) is 4.31 Å². The molecule has 36 heavy (non-hydrogen) atoms. The molecule has 0 aliphatic carbocycles. The summed E-state index contributed by atoms with van der Waals surface area (Å²) >= 11 is 3.53. The number of nitrogens with zero attached hydrogens (tertiary/aromatic N) is 1. The number of carbonyl (C=O) groups excluding carboxylic acids is 1. The van der Waals surface area contributed by atoms with Crippen LogP contribution in [0.25, 0.3) is 0 Å². The number of hydrogen-bond donors (Lipinski definition) is 1. The Morgan fingerprint density at radius 3 is 2.42 bits per heavy atom. The lowest BCUT2D eigenvalue weighted by molar-refractivity contribution is -0.118. The maximum Gasteiger partial charge on any atom is 0.264 e. The van der Waals surface area contributed by atoms with Gasteiger partial charge in [-0.15, -0.1) is 0 Å². The highest BCUT2D eigenvalue weighted by Gasteiger charge is 2.29. The summed E-state index contributed by atoms with van der Waals surface area (Å²) in [6.45, 7) is 6.17. The van der Waals surface area contributed by atoms with E-state index in [0.717, 1.165) is 58.2 Å². The minimum absolute atomic E-state index is 0.172. The van der Waals surface area contributed by atoms with Gasteiger partial charge in [0, 0.05) is 16.7 Å². The van der Waals surface area contributed by atoms with Crippen molar-refractivity contribution in [1.82, 2.24) is 0 Å². The third-order valence-electron chi connectivity index (χ3n) is 6.45. The summed E-state index contributed by atoms with van der Waals surface area (Å²) in [5, 5.41) is 3.00. The normalized spacial score (nSPS) is 13.3. The van der Waals surface area contributed by atoms with Crippen LogP contribution in [0.1, 0.15) is 42.5 Å². The van der Waals surface area contributed by atoms with E-state index < -0.39 is 10.0 Å². The number of rotatable bonds is 8. The van der Waals surface area contributed by atoms with Gasteiger partial charge in [0.15, 0.2) is 6.61 Å². The molecule has 0 fully saturated rings. The predicted octanol–water partition coefficient (Wildman–Crippen LogP) is 6.04. The molecule has 0 saturated heterocycles. The van der Waals surface area contributed by atoms with E-state index in [-0.39, 0.29) is 17.4 Å². The molecular formula is C28H31BrN2O4S. The number of anilines is 2. The molecule has 0 saturated carbocycles. The SMILES string of the molecule is CCc1cc(Br)cc(CC)c1NC(=O)COc1ccc(S(=O)(=O)N2CCCc3ccccc32)cc1C. The summed E-state index contributed by atoms with van der Waals surface area (Å²) in [6, 6.07) is 16.4. The van der Waals surface area contributed by atoms with Crippen molar-refractivity contribution < 1.29 is 17.9 Å². The number of para-hydroxylation sites is 1. The second-order valence-electron chi connectivity index (χ2n) is 8.88. The van der Waals surface area contributed by atoms with Crippen LogP contribution in [0, 0.1) is 6.92 Å². The molecule has 0 unspecified atom stereocenters. The molecule has 0 atom stereocenters. The van der Waals surface area contributed by atoms with E-state index in [1.807, 2.05) is 36.4 Å². The van der Waals surface area contributed by atoms with Crippen molar-refractivity contribution in [1.29, 1.82) is 0 Å². The van der Waals surface area contributed by atoms with Crippen molar-refractivity contribution in [3.05, 3.63) is 81.3 Å². The number of hydrogen-bond acceptors (Lipinski definition) is 4. The smallest absolute Gasteiger partial charge is 0.264 e. The first-order valence-corrected chi connectivity index (χ1v) is 14.4. The van der Waals surface area contributed by atoms with E-state index in [0.29, 0.717) is 17.9 Å². The first-order chi connectivity index (χ1) is 17.2. The van der Waals surface area contributed by atoms with Gasteiger partial charge in [-0.1, -0.05) is 48.0 Å². The minimum atomic E-state index is -3.71. The average Bonchev–Trinajstić information content (AvgIpc) is 2.88. The van der Waals surface area contributed by atoms with E-state index in [4.69, 9.17) is 4.74 Å². The van der Waals surface area contributed by atoms with Crippen molar-refractivity contribution in [2.24, 2.45) is 0 Å². The standard InChI is InChI=1S/C28H31BrN2O4S/c1-4-20-16-23(29)17-21(5-2)28(20)30-27(32)18-35-26-13-12-24(15-19(26)3)36(33,34)31-14-8-10-22-9-6-7-11-25(22)31/h6-7,9,11-13,15-17H,4-5,8,10,14,18H2,1-3H3,(H,30,32). The highest BCUT2D eigenvalue weighted by Crippen LogP contribution is 2.33. The number of nitrogens with one attached hydrogen (secondary N) is 1. The molecular weight excluding hydrogens is 540 g/mol. The fourth-order valence-corrected chi connectivity index (χ4v) is 6.76. The summed E-state index contributed by atoms with van der Waals surface area (Å²) in [4.78, 5) is 12.9. The zero-order valence-electron chi connectivity index (χ0n) is 20.8. The highest BCUT2D eigenvalue weighted by molar-refractivity contribution is 9.10. The zero-order chi connectivity index (χ0) is 25.9. The maximum atomic E-state index is 13.4. The Hall–Kier alpha value is -2.84. The van der Waals surface area contributed by atoms with Gasteiger partial charge in [-0.05, 0) is 91.3 Å². The quantitative estimate of drug-likeness (QED) is 0.358. The third-order valence-corrected chi connectivity index (χ3v) is 8.72. The summed E-state index contributed by atoms with van der Waals surface area (Å²) in [6.07, 6.45) is 3.23. The van der Waals surface area contributed by atoms with E-state index in [1.54, 1.807) is 25.1 Å². The largest absolute Gasteiger partial charge is 0.483 e. The van der Waals surface area contributed by atoms with Gasteiger partial charge in [-0.3, -0.25) is 9.10 Å². The number of carbonyl (C=O) groups is 1. The van der Waals surface area contributed by atoms with Gasteiger partial charge in [0.25, 0.3) is 15.9 Å². The van der Waals surface area contributed by atoms with Crippen molar-refractivity contribution in [3.8, 4) is 5.75 Å². The number of aryl methyl sites for hydroxylation is 4.